The summed E-state index contributed by atoms with van der Waals surface area (Å²) in [4.78, 5) is 13.5. The first-order chi connectivity index (χ1) is 8.61. The lowest BCUT2D eigenvalue weighted by atomic mass is 10.1. The molecular formula is C14H30N2O2. The second-order valence-electron chi connectivity index (χ2n) is 5.01. The third-order valence-corrected chi connectivity index (χ3v) is 3.06. The van der Waals surface area contributed by atoms with Crippen LogP contribution < -0.4 is 5.73 Å². The van der Waals surface area contributed by atoms with Crippen LogP contribution in [0.3, 0.4) is 0 Å². The van der Waals surface area contributed by atoms with Crippen LogP contribution in [-0.2, 0) is 9.53 Å². The highest BCUT2D eigenvalue weighted by molar-refractivity contribution is 5.75. The van der Waals surface area contributed by atoms with E-state index in [2.05, 4.69) is 6.92 Å². The highest BCUT2D eigenvalue weighted by Gasteiger charge is 2.11. The Bertz CT molecular complexity index is 210. The van der Waals surface area contributed by atoms with Crippen LogP contribution in [0.25, 0.3) is 0 Å². The second kappa shape index (κ2) is 11.5. The molecule has 2 N–H and O–H groups in total. The van der Waals surface area contributed by atoms with Gasteiger partial charge in [0.2, 0.25) is 5.91 Å². The summed E-state index contributed by atoms with van der Waals surface area (Å²) in [5.74, 6) is 0.192. The fourth-order valence-electron chi connectivity index (χ4n) is 1.97. The summed E-state index contributed by atoms with van der Waals surface area (Å²) in [6, 6.07) is -0.0893. The number of likely N-dealkylation sites (N-methyl/N-ethyl adjacent to an activating group) is 1. The lowest BCUT2D eigenvalue weighted by molar-refractivity contribution is -0.130. The van der Waals surface area contributed by atoms with Gasteiger partial charge in [-0.15, -0.1) is 0 Å². The summed E-state index contributed by atoms with van der Waals surface area (Å²) in [5.41, 5.74) is 5.81. The molecule has 0 aromatic heterocycles. The Hall–Kier alpha value is -0.610. The number of rotatable bonds is 11. The molecule has 108 valence electrons. The van der Waals surface area contributed by atoms with E-state index in [1.807, 2.05) is 7.05 Å². The van der Waals surface area contributed by atoms with Crippen molar-refractivity contribution in [2.75, 3.05) is 27.3 Å². The molecule has 0 aliphatic carbocycles. The van der Waals surface area contributed by atoms with Gasteiger partial charge in [0, 0.05) is 33.2 Å². The maximum absolute atomic E-state index is 11.8. The number of nitrogens with two attached hydrogens (primary N) is 1. The topological polar surface area (TPSA) is 55.6 Å². The number of hydrogen-bond donors (Lipinski definition) is 1. The first-order valence-electron chi connectivity index (χ1n) is 7.10. The minimum Gasteiger partial charge on any atom is -0.383 e. The van der Waals surface area contributed by atoms with Crippen molar-refractivity contribution in [3.63, 3.8) is 0 Å². The summed E-state index contributed by atoms with van der Waals surface area (Å²) in [7, 11) is 3.44. The number of carbonyl (C=O) groups is 1. The lowest BCUT2D eigenvalue weighted by Crippen LogP contribution is -2.41. The SMILES string of the molecule is CCCCCCCCC(=O)N(C)CC(N)COC. The Balaban J connectivity index is 3.55. The first kappa shape index (κ1) is 17.4. The van der Waals surface area contributed by atoms with Gasteiger partial charge in [0.1, 0.15) is 0 Å². The van der Waals surface area contributed by atoms with E-state index in [0.29, 0.717) is 19.6 Å². The first-order valence-corrected chi connectivity index (χ1v) is 7.10. The smallest absolute Gasteiger partial charge is 0.222 e. The van der Waals surface area contributed by atoms with Crippen LogP contribution in [-0.4, -0.2) is 44.2 Å². The van der Waals surface area contributed by atoms with Crippen LogP contribution >= 0.6 is 0 Å². The summed E-state index contributed by atoms with van der Waals surface area (Å²) in [6.07, 6.45) is 7.89. The Morgan fingerprint density at radius 3 is 2.44 bits per heavy atom. The van der Waals surface area contributed by atoms with Crippen LogP contribution in [0, 0.1) is 0 Å². The Kier molecular flexibility index (Phi) is 11.1. The van der Waals surface area contributed by atoms with Crippen molar-refractivity contribution in [1.82, 2.24) is 4.90 Å². The van der Waals surface area contributed by atoms with E-state index in [-0.39, 0.29) is 11.9 Å². The van der Waals surface area contributed by atoms with Gasteiger partial charge in [0.25, 0.3) is 0 Å². The highest BCUT2D eigenvalue weighted by Crippen LogP contribution is 2.08. The van der Waals surface area contributed by atoms with Gasteiger partial charge < -0.3 is 15.4 Å². The lowest BCUT2D eigenvalue weighted by Gasteiger charge is -2.21. The molecule has 4 heteroatoms. The molecule has 1 amide bonds. The van der Waals surface area contributed by atoms with Crippen molar-refractivity contribution in [2.45, 2.75) is 57.9 Å². The molecular weight excluding hydrogens is 228 g/mol. The normalized spacial score (nSPS) is 12.4. The number of nitrogens with zero attached hydrogens (tertiary/aromatic N) is 1. The molecule has 0 saturated heterocycles. The van der Waals surface area contributed by atoms with Gasteiger partial charge in [-0.2, -0.15) is 0 Å². The number of ether oxygens (including phenoxy) is 1. The van der Waals surface area contributed by atoms with Crippen LogP contribution in [0.4, 0.5) is 0 Å². The van der Waals surface area contributed by atoms with Gasteiger partial charge in [0.05, 0.1) is 6.61 Å². The Morgan fingerprint density at radius 1 is 1.22 bits per heavy atom. The number of amides is 1. The number of unbranched alkanes of at least 4 members (excludes halogenated alkanes) is 5. The van der Waals surface area contributed by atoms with Crippen LogP contribution in [0.5, 0.6) is 0 Å². The molecule has 0 heterocycles. The minimum atomic E-state index is -0.0893. The molecule has 0 saturated carbocycles. The molecule has 0 rings (SSSR count). The summed E-state index contributed by atoms with van der Waals surface area (Å²) in [6.45, 7) is 3.28. The molecule has 0 radical (unpaired) electrons. The average molecular weight is 258 g/mol. The molecule has 0 aliphatic rings. The molecule has 0 bridgehead atoms. The molecule has 0 spiro atoms. The van der Waals surface area contributed by atoms with Gasteiger partial charge in [-0.05, 0) is 6.42 Å². The van der Waals surface area contributed by atoms with Crippen LogP contribution in [0.2, 0.25) is 0 Å². The fourth-order valence-corrected chi connectivity index (χ4v) is 1.97. The van der Waals surface area contributed by atoms with Crippen molar-refractivity contribution < 1.29 is 9.53 Å². The zero-order valence-electron chi connectivity index (χ0n) is 12.3. The van der Waals surface area contributed by atoms with E-state index < -0.39 is 0 Å². The number of methoxy groups -OCH3 is 1. The van der Waals surface area contributed by atoms with E-state index in [4.69, 9.17) is 10.5 Å². The summed E-state index contributed by atoms with van der Waals surface area (Å²) in [5, 5.41) is 0. The predicted molar refractivity (Wildman–Crippen MR) is 75.5 cm³/mol. The van der Waals surface area contributed by atoms with Crippen LogP contribution in [0.15, 0.2) is 0 Å². The number of hydrogen-bond acceptors (Lipinski definition) is 3. The largest absolute Gasteiger partial charge is 0.383 e. The summed E-state index contributed by atoms with van der Waals surface area (Å²) >= 11 is 0. The van der Waals surface area contributed by atoms with Crippen molar-refractivity contribution in [3.05, 3.63) is 0 Å². The van der Waals surface area contributed by atoms with Crippen LogP contribution in [0.1, 0.15) is 51.9 Å². The predicted octanol–water partition coefficient (Wildman–Crippen LogP) is 2.17. The maximum Gasteiger partial charge on any atom is 0.222 e. The van der Waals surface area contributed by atoms with Crippen molar-refractivity contribution in [3.8, 4) is 0 Å². The summed E-state index contributed by atoms with van der Waals surface area (Å²) < 4.78 is 4.96. The van der Waals surface area contributed by atoms with Gasteiger partial charge in [-0.25, -0.2) is 0 Å². The van der Waals surface area contributed by atoms with Crippen molar-refractivity contribution in [1.29, 1.82) is 0 Å². The minimum absolute atomic E-state index is 0.0893. The molecule has 4 nitrogen and oxygen atoms in total. The average Bonchev–Trinajstić information content (AvgIpc) is 2.33. The van der Waals surface area contributed by atoms with Gasteiger partial charge in [0.15, 0.2) is 0 Å². The molecule has 1 atom stereocenters. The monoisotopic (exact) mass is 258 g/mol. The van der Waals surface area contributed by atoms with E-state index in [1.165, 1.54) is 25.7 Å². The molecule has 0 fully saturated rings. The zero-order valence-corrected chi connectivity index (χ0v) is 12.3. The number of carbonyl (C=O) groups excluding carboxylic acids is 1. The third kappa shape index (κ3) is 9.42. The van der Waals surface area contributed by atoms with E-state index >= 15 is 0 Å². The quantitative estimate of drug-likeness (QED) is 0.578. The molecule has 0 aromatic carbocycles. The maximum atomic E-state index is 11.8. The van der Waals surface area contributed by atoms with E-state index in [0.717, 1.165) is 12.8 Å². The third-order valence-electron chi connectivity index (χ3n) is 3.06. The Morgan fingerprint density at radius 2 is 1.83 bits per heavy atom. The highest BCUT2D eigenvalue weighted by atomic mass is 16.5. The molecule has 0 aliphatic heterocycles. The van der Waals surface area contributed by atoms with Gasteiger partial charge >= 0.3 is 0 Å². The Labute approximate surface area is 112 Å². The standard InChI is InChI=1S/C14H30N2O2/c1-4-5-6-7-8-9-10-14(17)16(2)11-13(15)12-18-3/h13H,4-12,15H2,1-3H3. The molecule has 1 unspecified atom stereocenters. The van der Waals surface area contributed by atoms with Gasteiger partial charge in [-0.1, -0.05) is 39.0 Å². The zero-order chi connectivity index (χ0) is 13.8. The van der Waals surface area contributed by atoms with E-state index in [1.54, 1.807) is 12.0 Å². The van der Waals surface area contributed by atoms with E-state index in [9.17, 15) is 4.79 Å². The van der Waals surface area contributed by atoms with Crippen molar-refractivity contribution >= 4 is 5.91 Å². The molecule has 0 aromatic rings. The van der Waals surface area contributed by atoms with Gasteiger partial charge in [-0.3, -0.25) is 4.79 Å². The van der Waals surface area contributed by atoms with Crippen molar-refractivity contribution in [2.24, 2.45) is 5.73 Å². The molecule has 18 heavy (non-hydrogen) atoms. The fraction of sp³-hybridized carbons (Fsp3) is 0.929. The second-order valence-corrected chi connectivity index (χ2v) is 5.01.